The van der Waals surface area contributed by atoms with Crippen molar-refractivity contribution < 1.29 is 14.6 Å². The van der Waals surface area contributed by atoms with Gasteiger partial charge in [0.25, 0.3) is 5.91 Å². The molecule has 1 aromatic carbocycles. The van der Waals surface area contributed by atoms with Gasteiger partial charge in [-0.25, -0.2) is 0 Å². The summed E-state index contributed by atoms with van der Waals surface area (Å²) in [6.45, 7) is 2.63. The Morgan fingerprint density at radius 2 is 1.96 bits per heavy atom. The van der Waals surface area contributed by atoms with Gasteiger partial charge in [-0.15, -0.1) is 0 Å². The topological polar surface area (TPSA) is 61.8 Å². The summed E-state index contributed by atoms with van der Waals surface area (Å²) in [6, 6.07) is 5.96. The monoisotopic (exact) mass is 380 g/mol. The minimum atomic E-state index is -0.209. The molecule has 144 valence electrons. The summed E-state index contributed by atoms with van der Waals surface area (Å²) in [4.78, 5) is 15.0. The molecular formula is C20H29ClN2O3. The van der Waals surface area contributed by atoms with Crippen LogP contribution in [0.15, 0.2) is 18.2 Å². The van der Waals surface area contributed by atoms with Crippen molar-refractivity contribution in [2.24, 2.45) is 0 Å². The van der Waals surface area contributed by atoms with E-state index < -0.39 is 0 Å². The average molecular weight is 381 g/mol. The molecular weight excluding hydrogens is 352 g/mol. The van der Waals surface area contributed by atoms with Crippen molar-refractivity contribution in [3.63, 3.8) is 0 Å². The zero-order chi connectivity index (χ0) is 18.4. The zero-order valence-corrected chi connectivity index (χ0v) is 16.0. The molecule has 0 atom stereocenters. The summed E-state index contributed by atoms with van der Waals surface area (Å²) >= 11 is 6.07. The van der Waals surface area contributed by atoms with Gasteiger partial charge in [-0.05, 0) is 50.3 Å². The summed E-state index contributed by atoms with van der Waals surface area (Å²) in [6.07, 6.45) is 8.04. The van der Waals surface area contributed by atoms with E-state index in [0.29, 0.717) is 29.3 Å². The standard InChI is InChI=1S/C20H29ClN2O3/c21-15-6-7-19(18(14-15)20(25)22-10-3-13-24)26-17-8-11-23(12-9-17)16-4-1-2-5-16/h6-7,14,16-17,24H,1-5,8-13H2,(H,22,25). The molecule has 1 amide bonds. The second-order valence-corrected chi connectivity index (χ2v) is 7.70. The number of aliphatic hydroxyl groups excluding tert-OH is 1. The van der Waals surface area contributed by atoms with Gasteiger partial charge >= 0.3 is 0 Å². The molecule has 0 radical (unpaired) electrons. The highest BCUT2D eigenvalue weighted by molar-refractivity contribution is 6.31. The SMILES string of the molecule is O=C(NCCCO)c1cc(Cl)ccc1OC1CCN(C2CCCC2)CC1. The largest absolute Gasteiger partial charge is 0.489 e. The average Bonchev–Trinajstić information content (AvgIpc) is 3.18. The van der Waals surface area contributed by atoms with Crippen molar-refractivity contribution in [2.45, 2.75) is 57.1 Å². The fraction of sp³-hybridized carbons (Fsp3) is 0.650. The van der Waals surface area contributed by atoms with Crippen molar-refractivity contribution in [2.75, 3.05) is 26.2 Å². The molecule has 1 saturated carbocycles. The number of carbonyl (C=O) groups is 1. The fourth-order valence-electron chi connectivity index (χ4n) is 3.97. The number of piperidine rings is 1. The number of likely N-dealkylation sites (tertiary alicyclic amines) is 1. The molecule has 1 aliphatic heterocycles. The number of rotatable bonds is 7. The van der Waals surface area contributed by atoms with Crippen LogP contribution in [0.3, 0.4) is 0 Å². The van der Waals surface area contributed by atoms with Gasteiger partial charge in [0.2, 0.25) is 0 Å². The highest BCUT2D eigenvalue weighted by Crippen LogP contribution is 2.29. The lowest BCUT2D eigenvalue weighted by atomic mass is 10.0. The Bertz CT molecular complexity index is 597. The maximum absolute atomic E-state index is 12.4. The third-order valence-electron chi connectivity index (χ3n) is 5.42. The first kappa shape index (κ1) is 19.5. The van der Waals surface area contributed by atoms with Crippen LogP contribution in [0.4, 0.5) is 0 Å². The Hall–Kier alpha value is -1.30. The molecule has 0 bridgehead atoms. The summed E-state index contributed by atoms with van der Waals surface area (Å²) in [5, 5.41) is 12.2. The highest BCUT2D eigenvalue weighted by atomic mass is 35.5. The summed E-state index contributed by atoms with van der Waals surface area (Å²) in [5.41, 5.74) is 0.466. The molecule has 26 heavy (non-hydrogen) atoms. The van der Waals surface area contributed by atoms with E-state index >= 15 is 0 Å². The summed E-state index contributed by atoms with van der Waals surface area (Å²) in [5.74, 6) is 0.384. The maximum Gasteiger partial charge on any atom is 0.255 e. The number of nitrogens with one attached hydrogen (secondary N) is 1. The number of aliphatic hydroxyl groups is 1. The predicted molar refractivity (Wildman–Crippen MR) is 103 cm³/mol. The van der Waals surface area contributed by atoms with Crippen LogP contribution >= 0.6 is 11.6 Å². The second kappa shape index (κ2) is 9.58. The molecule has 6 heteroatoms. The lowest BCUT2D eigenvalue weighted by Crippen LogP contribution is -2.43. The first-order valence-corrected chi connectivity index (χ1v) is 10.1. The normalized spacial score (nSPS) is 19.6. The number of carbonyl (C=O) groups excluding carboxylic acids is 1. The van der Waals surface area contributed by atoms with E-state index in [-0.39, 0.29) is 18.6 Å². The first-order valence-electron chi connectivity index (χ1n) is 9.76. The van der Waals surface area contributed by atoms with Crippen molar-refractivity contribution in [3.8, 4) is 5.75 Å². The molecule has 0 aromatic heterocycles. The van der Waals surface area contributed by atoms with Crippen molar-refractivity contribution in [1.29, 1.82) is 0 Å². The number of nitrogens with zero attached hydrogens (tertiary/aromatic N) is 1. The number of ether oxygens (including phenoxy) is 1. The molecule has 1 aromatic rings. The number of hydrogen-bond donors (Lipinski definition) is 2. The third kappa shape index (κ3) is 5.12. The van der Waals surface area contributed by atoms with Crippen LogP contribution in [0.2, 0.25) is 5.02 Å². The molecule has 0 spiro atoms. The molecule has 2 aliphatic rings. The predicted octanol–water partition coefficient (Wildman–Crippen LogP) is 3.24. The third-order valence-corrected chi connectivity index (χ3v) is 5.65. The highest BCUT2D eigenvalue weighted by Gasteiger charge is 2.28. The van der Waals surface area contributed by atoms with E-state index in [1.807, 2.05) is 0 Å². The van der Waals surface area contributed by atoms with E-state index in [2.05, 4.69) is 10.2 Å². The van der Waals surface area contributed by atoms with E-state index in [1.54, 1.807) is 18.2 Å². The number of halogens is 1. The Labute approximate surface area is 160 Å². The molecule has 1 heterocycles. The van der Waals surface area contributed by atoms with Crippen LogP contribution in [-0.4, -0.2) is 54.3 Å². The Kier molecular flexibility index (Phi) is 7.17. The molecule has 1 saturated heterocycles. The van der Waals surface area contributed by atoms with E-state index in [9.17, 15) is 4.79 Å². The van der Waals surface area contributed by atoms with Crippen LogP contribution in [0, 0.1) is 0 Å². The minimum absolute atomic E-state index is 0.0543. The van der Waals surface area contributed by atoms with Crippen molar-refractivity contribution >= 4 is 17.5 Å². The lowest BCUT2D eigenvalue weighted by molar-refractivity contribution is 0.0750. The van der Waals surface area contributed by atoms with E-state index in [0.717, 1.165) is 32.0 Å². The van der Waals surface area contributed by atoms with Crippen LogP contribution in [0.25, 0.3) is 0 Å². The fourth-order valence-corrected chi connectivity index (χ4v) is 4.14. The Balaban J connectivity index is 1.58. The van der Waals surface area contributed by atoms with E-state index in [1.165, 1.54) is 25.7 Å². The van der Waals surface area contributed by atoms with Crippen LogP contribution in [0.5, 0.6) is 5.75 Å². The van der Waals surface area contributed by atoms with Gasteiger partial charge in [-0.1, -0.05) is 24.4 Å². The number of benzene rings is 1. The van der Waals surface area contributed by atoms with Crippen LogP contribution in [0.1, 0.15) is 55.3 Å². The van der Waals surface area contributed by atoms with Gasteiger partial charge in [-0.2, -0.15) is 0 Å². The van der Waals surface area contributed by atoms with Gasteiger partial charge in [0.15, 0.2) is 0 Å². The quantitative estimate of drug-likeness (QED) is 0.713. The maximum atomic E-state index is 12.4. The van der Waals surface area contributed by atoms with Gasteiger partial charge in [-0.3, -0.25) is 4.79 Å². The van der Waals surface area contributed by atoms with Gasteiger partial charge in [0.1, 0.15) is 11.9 Å². The van der Waals surface area contributed by atoms with Crippen molar-refractivity contribution in [3.05, 3.63) is 28.8 Å². The first-order chi connectivity index (χ1) is 12.7. The minimum Gasteiger partial charge on any atom is -0.489 e. The molecule has 2 N–H and O–H groups in total. The van der Waals surface area contributed by atoms with Crippen molar-refractivity contribution in [1.82, 2.24) is 10.2 Å². The second-order valence-electron chi connectivity index (χ2n) is 7.27. The Morgan fingerprint density at radius 1 is 1.23 bits per heavy atom. The molecule has 5 nitrogen and oxygen atoms in total. The van der Waals surface area contributed by atoms with Gasteiger partial charge in [0.05, 0.1) is 5.56 Å². The van der Waals surface area contributed by atoms with Gasteiger partial charge in [0, 0.05) is 37.3 Å². The number of amides is 1. The lowest BCUT2D eigenvalue weighted by Gasteiger charge is -2.36. The molecule has 2 fully saturated rings. The molecule has 1 aliphatic carbocycles. The number of hydrogen-bond acceptors (Lipinski definition) is 4. The van der Waals surface area contributed by atoms with Gasteiger partial charge < -0.3 is 20.1 Å². The Morgan fingerprint density at radius 3 is 2.65 bits per heavy atom. The molecule has 3 rings (SSSR count). The van der Waals surface area contributed by atoms with Crippen LogP contribution in [-0.2, 0) is 0 Å². The molecule has 0 unspecified atom stereocenters. The summed E-state index contributed by atoms with van der Waals surface area (Å²) < 4.78 is 6.18. The van der Waals surface area contributed by atoms with Crippen LogP contribution < -0.4 is 10.1 Å². The smallest absolute Gasteiger partial charge is 0.255 e. The zero-order valence-electron chi connectivity index (χ0n) is 15.3. The summed E-state index contributed by atoms with van der Waals surface area (Å²) in [7, 11) is 0. The van der Waals surface area contributed by atoms with E-state index in [4.69, 9.17) is 21.4 Å².